The molecule has 0 spiro atoms. The highest BCUT2D eigenvalue weighted by Crippen LogP contribution is 2.19. The van der Waals surface area contributed by atoms with Crippen molar-refractivity contribution >= 4 is 17.2 Å². The lowest BCUT2D eigenvalue weighted by atomic mass is 10.0. The van der Waals surface area contributed by atoms with Crippen LogP contribution in [0, 0.1) is 0 Å². The third-order valence-electron chi connectivity index (χ3n) is 4.31. The van der Waals surface area contributed by atoms with Crippen molar-refractivity contribution in [1.82, 2.24) is 9.80 Å². The predicted octanol–water partition coefficient (Wildman–Crippen LogP) is 1.88. The normalized spacial score (nSPS) is 17.7. The van der Waals surface area contributed by atoms with Crippen LogP contribution >= 0.6 is 12.2 Å². The zero-order chi connectivity index (χ0) is 15.5. The van der Waals surface area contributed by atoms with Gasteiger partial charge in [0, 0.05) is 32.7 Å². The van der Waals surface area contributed by atoms with Crippen LogP contribution in [-0.4, -0.2) is 53.6 Å². The first-order valence-electron chi connectivity index (χ1n) is 7.33. The van der Waals surface area contributed by atoms with Gasteiger partial charge in [0.2, 0.25) is 0 Å². The topological polar surface area (TPSA) is 41.7 Å². The van der Waals surface area contributed by atoms with Crippen molar-refractivity contribution in [2.24, 2.45) is 5.73 Å². The summed E-state index contributed by atoms with van der Waals surface area (Å²) in [7, 11) is 1.70. The fourth-order valence-electron chi connectivity index (χ4n) is 2.65. The number of hydrogen-bond acceptors (Lipinski definition) is 4. The number of rotatable bonds is 5. The van der Waals surface area contributed by atoms with E-state index in [0.29, 0.717) is 4.99 Å². The fourth-order valence-corrected chi connectivity index (χ4v) is 2.78. The molecule has 116 valence electrons. The van der Waals surface area contributed by atoms with Crippen molar-refractivity contribution in [2.75, 3.05) is 33.3 Å². The van der Waals surface area contributed by atoms with Gasteiger partial charge in [-0.15, -0.1) is 0 Å². The Bertz CT molecular complexity index is 496. The molecular weight excluding hydrogens is 282 g/mol. The Hall–Kier alpha value is -1.17. The lowest BCUT2D eigenvalue weighted by molar-refractivity contribution is 0.0821. The largest absolute Gasteiger partial charge is 0.497 e. The molecule has 2 N–H and O–H groups in total. The molecule has 1 fully saturated rings. The Kier molecular flexibility index (Phi) is 5.19. The molecule has 0 unspecified atom stereocenters. The zero-order valence-corrected chi connectivity index (χ0v) is 13.9. The molecule has 0 aliphatic carbocycles. The summed E-state index contributed by atoms with van der Waals surface area (Å²) in [5.41, 5.74) is 6.94. The van der Waals surface area contributed by atoms with Gasteiger partial charge in [-0.05, 0) is 31.5 Å². The highest BCUT2D eigenvalue weighted by molar-refractivity contribution is 7.80. The van der Waals surface area contributed by atoms with E-state index >= 15 is 0 Å². The maximum absolute atomic E-state index is 5.85. The lowest BCUT2D eigenvalue weighted by Gasteiger charge is -2.43. The molecule has 0 atom stereocenters. The van der Waals surface area contributed by atoms with E-state index in [1.165, 1.54) is 5.56 Å². The van der Waals surface area contributed by atoms with Gasteiger partial charge in [0.05, 0.1) is 17.6 Å². The van der Waals surface area contributed by atoms with Gasteiger partial charge in [-0.2, -0.15) is 0 Å². The monoisotopic (exact) mass is 307 g/mol. The van der Waals surface area contributed by atoms with E-state index in [2.05, 4.69) is 35.8 Å². The van der Waals surface area contributed by atoms with Gasteiger partial charge in [-0.25, -0.2) is 0 Å². The summed E-state index contributed by atoms with van der Waals surface area (Å²) in [6.45, 7) is 9.22. The predicted molar refractivity (Wildman–Crippen MR) is 90.7 cm³/mol. The van der Waals surface area contributed by atoms with Crippen LogP contribution in [0.1, 0.15) is 19.4 Å². The summed E-state index contributed by atoms with van der Waals surface area (Å²) in [5.74, 6) is 0.917. The van der Waals surface area contributed by atoms with Gasteiger partial charge >= 0.3 is 0 Å². The van der Waals surface area contributed by atoms with Crippen molar-refractivity contribution in [1.29, 1.82) is 0 Å². The third-order valence-corrected chi connectivity index (χ3v) is 4.81. The number of nitrogens with zero attached hydrogens (tertiary/aromatic N) is 2. The minimum atomic E-state index is -0.197. The van der Waals surface area contributed by atoms with Crippen molar-refractivity contribution in [3.05, 3.63) is 29.8 Å². The van der Waals surface area contributed by atoms with E-state index < -0.39 is 0 Å². The first kappa shape index (κ1) is 16.2. The van der Waals surface area contributed by atoms with Crippen molar-refractivity contribution in [3.63, 3.8) is 0 Å². The van der Waals surface area contributed by atoms with Crippen molar-refractivity contribution in [3.8, 4) is 5.75 Å². The van der Waals surface area contributed by atoms with E-state index in [-0.39, 0.29) is 5.54 Å². The molecule has 0 radical (unpaired) electrons. The molecule has 0 aromatic heterocycles. The van der Waals surface area contributed by atoms with Gasteiger partial charge in [0.15, 0.2) is 0 Å². The minimum Gasteiger partial charge on any atom is -0.497 e. The Morgan fingerprint density at radius 3 is 2.52 bits per heavy atom. The van der Waals surface area contributed by atoms with Gasteiger partial charge in [-0.3, -0.25) is 9.80 Å². The molecule has 1 heterocycles. The molecule has 0 amide bonds. The Labute approximate surface area is 132 Å². The van der Waals surface area contributed by atoms with Crippen LogP contribution in [0.25, 0.3) is 0 Å². The van der Waals surface area contributed by atoms with Crippen molar-refractivity contribution < 1.29 is 4.74 Å². The Balaban J connectivity index is 1.91. The quantitative estimate of drug-likeness (QED) is 0.841. The molecule has 21 heavy (non-hydrogen) atoms. The summed E-state index contributed by atoms with van der Waals surface area (Å²) in [4.78, 5) is 5.40. The number of piperazine rings is 1. The smallest absolute Gasteiger partial charge is 0.119 e. The fraction of sp³-hybridized carbons (Fsp3) is 0.562. The molecule has 5 heteroatoms. The zero-order valence-electron chi connectivity index (χ0n) is 13.1. The summed E-state index contributed by atoms with van der Waals surface area (Å²) in [5, 5.41) is 0. The number of nitrogens with two attached hydrogens (primary N) is 1. The molecule has 0 saturated carbocycles. The Morgan fingerprint density at radius 2 is 1.95 bits per heavy atom. The molecule has 1 aliphatic rings. The summed E-state index contributed by atoms with van der Waals surface area (Å²) < 4.78 is 5.28. The van der Waals surface area contributed by atoms with Crippen LogP contribution in [0.5, 0.6) is 5.75 Å². The first-order chi connectivity index (χ1) is 9.93. The number of hydrogen-bond donors (Lipinski definition) is 1. The van der Waals surface area contributed by atoms with Crippen LogP contribution in [0.4, 0.5) is 0 Å². The summed E-state index contributed by atoms with van der Waals surface area (Å²) in [6.07, 6.45) is 0. The van der Waals surface area contributed by atoms with Crippen LogP contribution in [0.15, 0.2) is 24.3 Å². The molecule has 1 aliphatic heterocycles. The maximum atomic E-state index is 5.85. The molecule has 2 rings (SSSR count). The minimum absolute atomic E-state index is 0.197. The second-order valence-corrected chi connectivity index (χ2v) is 6.48. The molecule has 1 saturated heterocycles. The SMILES string of the molecule is COc1cccc(CN2CCN(C(C)(C)C(N)=S)CC2)c1. The van der Waals surface area contributed by atoms with Gasteiger partial charge in [0.1, 0.15) is 5.75 Å². The number of ether oxygens (including phenoxy) is 1. The number of thiocarbonyl (C=S) groups is 1. The van der Waals surface area contributed by atoms with Gasteiger partial charge in [-0.1, -0.05) is 24.4 Å². The molecule has 0 bridgehead atoms. The molecule has 1 aromatic rings. The molecule has 4 nitrogen and oxygen atoms in total. The number of benzene rings is 1. The van der Waals surface area contributed by atoms with Crippen LogP contribution in [-0.2, 0) is 6.54 Å². The van der Waals surface area contributed by atoms with Crippen molar-refractivity contribution in [2.45, 2.75) is 25.9 Å². The second-order valence-electron chi connectivity index (χ2n) is 6.04. The number of methoxy groups -OCH3 is 1. The van der Waals surface area contributed by atoms with E-state index in [9.17, 15) is 0 Å². The van der Waals surface area contributed by atoms with Crippen LogP contribution in [0.2, 0.25) is 0 Å². The van der Waals surface area contributed by atoms with E-state index in [4.69, 9.17) is 22.7 Å². The highest BCUT2D eigenvalue weighted by atomic mass is 32.1. The highest BCUT2D eigenvalue weighted by Gasteiger charge is 2.32. The van der Waals surface area contributed by atoms with E-state index in [0.717, 1.165) is 38.5 Å². The average Bonchev–Trinajstić information content (AvgIpc) is 2.48. The molecular formula is C16H25N3OS. The summed E-state index contributed by atoms with van der Waals surface area (Å²) >= 11 is 5.18. The molecule has 1 aromatic carbocycles. The second kappa shape index (κ2) is 6.73. The van der Waals surface area contributed by atoms with Gasteiger partial charge < -0.3 is 10.5 Å². The van der Waals surface area contributed by atoms with E-state index in [1.807, 2.05) is 12.1 Å². The average molecular weight is 307 g/mol. The third kappa shape index (κ3) is 3.93. The summed E-state index contributed by atoms with van der Waals surface area (Å²) in [6, 6.07) is 8.27. The van der Waals surface area contributed by atoms with Gasteiger partial charge in [0.25, 0.3) is 0 Å². The van der Waals surface area contributed by atoms with Crippen LogP contribution < -0.4 is 10.5 Å². The van der Waals surface area contributed by atoms with Crippen LogP contribution in [0.3, 0.4) is 0 Å². The van der Waals surface area contributed by atoms with E-state index in [1.54, 1.807) is 7.11 Å². The standard InChI is InChI=1S/C16H25N3OS/c1-16(2,15(17)21)19-9-7-18(8-10-19)12-13-5-4-6-14(11-13)20-3/h4-6,11H,7-10,12H2,1-3H3,(H2,17,21). The maximum Gasteiger partial charge on any atom is 0.119 e. The first-order valence-corrected chi connectivity index (χ1v) is 7.74. The lowest BCUT2D eigenvalue weighted by Crippen LogP contribution is -2.59. The Morgan fingerprint density at radius 1 is 1.29 bits per heavy atom.